The number of amides is 1. The highest BCUT2D eigenvalue weighted by atomic mass is 16.3. The molecule has 0 aromatic heterocycles. The molecule has 3 N–H and O–H groups in total. The van der Waals surface area contributed by atoms with Gasteiger partial charge in [-0.05, 0) is 69.4 Å². The van der Waals surface area contributed by atoms with Crippen molar-refractivity contribution in [2.24, 2.45) is 0 Å². The minimum Gasteiger partial charge on any atom is -0.508 e. The summed E-state index contributed by atoms with van der Waals surface area (Å²) in [5.74, 6) is 1.12. The van der Waals surface area contributed by atoms with Gasteiger partial charge < -0.3 is 20.5 Å². The van der Waals surface area contributed by atoms with Gasteiger partial charge in [0.25, 0.3) is 0 Å². The molecule has 0 atom stereocenters. The second kappa shape index (κ2) is 24.1. The summed E-state index contributed by atoms with van der Waals surface area (Å²) in [6.07, 6.45) is 3.36. The summed E-state index contributed by atoms with van der Waals surface area (Å²) in [7, 11) is 0. The van der Waals surface area contributed by atoms with Crippen LogP contribution in [0.3, 0.4) is 0 Å². The van der Waals surface area contributed by atoms with Gasteiger partial charge in [-0.3, -0.25) is 4.79 Å². The van der Waals surface area contributed by atoms with Crippen molar-refractivity contribution in [2.75, 3.05) is 5.32 Å². The lowest BCUT2D eigenvalue weighted by Gasteiger charge is -2.13. The maximum absolute atomic E-state index is 11.5. The zero-order chi connectivity index (χ0) is 27.8. The second-order valence-corrected chi connectivity index (χ2v) is 7.46. The van der Waals surface area contributed by atoms with Crippen LogP contribution in [0.5, 0.6) is 5.75 Å². The molecule has 0 bridgehead atoms. The molecule has 2 aromatic carbocycles. The third-order valence-electron chi connectivity index (χ3n) is 4.10. The molecule has 2 aromatic rings. The Morgan fingerprint density at radius 3 is 1.94 bits per heavy atom. The van der Waals surface area contributed by atoms with Crippen molar-refractivity contribution >= 4 is 17.4 Å². The van der Waals surface area contributed by atoms with Gasteiger partial charge in [0.2, 0.25) is 5.91 Å². The van der Waals surface area contributed by atoms with Crippen molar-refractivity contribution in [3.05, 3.63) is 71.6 Å². The van der Waals surface area contributed by atoms with Crippen molar-refractivity contribution in [3.8, 4) is 5.75 Å². The van der Waals surface area contributed by atoms with Crippen LogP contribution in [0.4, 0.5) is 5.69 Å². The molecule has 0 heterocycles. The number of phenolic OH excluding ortho intramolecular Hbond substituents is 1. The Morgan fingerprint density at radius 2 is 1.49 bits per heavy atom. The Hall–Kier alpha value is -3.08. The van der Waals surface area contributed by atoms with Gasteiger partial charge in [-0.2, -0.15) is 0 Å². The van der Waals surface area contributed by atoms with E-state index in [0.717, 1.165) is 36.1 Å². The van der Waals surface area contributed by atoms with Crippen molar-refractivity contribution < 1.29 is 14.7 Å². The number of para-hydroxylation sites is 1. The third-order valence-corrected chi connectivity index (χ3v) is 4.10. The normalized spacial score (nSPS) is 8.63. The molecular formula is C30H50N2O3. The Kier molecular flexibility index (Phi) is 25.1. The summed E-state index contributed by atoms with van der Waals surface area (Å²) in [5, 5.41) is 15.0. The monoisotopic (exact) mass is 486 g/mol. The van der Waals surface area contributed by atoms with Gasteiger partial charge in [0.1, 0.15) is 17.4 Å². The number of carbonyl (C=O) groups is 2. The maximum Gasteiger partial charge on any atom is 0.225 e. The predicted octanol–water partition coefficient (Wildman–Crippen LogP) is 8.10. The van der Waals surface area contributed by atoms with E-state index < -0.39 is 0 Å². The predicted molar refractivity (Wildman–Crippen MR) is 153 cm³/mol. The minimum absolute atomic E-state index is 0.0136. The molecule has 35 heavy (non-hydrogen) atoms. The molecule has 0 radical (unpaired) electrons. The third kappa shape index (κ3) is 21.2. The van der Waals surface area contributed by atoms with Crippen molar-refractivity contribution in [1.82, 2.24) is 5.32 Å². The lowest BCUT2D eigenvalue weighted by atomic mass is 10.1. The van der Waals surface area contributed by atoms with E-state index in [2.05, 4.69) is 30.2 Å². The zero-order valence-electron chi connectivity index (χ0n) is 23.8. The fourth-order valence-electron chi connectivity index (χ4n) is 2.44. The maximum atomic E-state index is 11.5. The Bertz CT molecular complexity index is 841. The zero-order valence-corrected chi connectivity index (χ0v) is 23.8. The first-order valence-electron chi connectivity index (χ1n) is 12.7. The summed E-state index contributed by atoms with van der Waals surface area (Å²) in [6.45, 7) is 23.0. The van der Waals surface area contributed by atoms with E-state index in [0.29, 0.717) is 18.0 Å². The van der Waals surface area contributed by atoms with Gasteiger partial charge in [0.15, 0.2) is 0 Å². The van der Waals surface area contributed by atoms with Crippen LogP contribution in [0.25, 0.3) is 0 Å². The number of ketones is 1. The smallest absolute Gasteiger partial charge is 0.225 e. The molecule has 0 aliphatic heterocycles. The van der Waals surface area contributed by atoms with Crippen LogP contribution in [0.15, 0.2) is 54.9 Å². The molecule has 5 heteroatoms. The lowest BCUT2D eigenvalue weighted by molar-refractivity contribution is -0.120. The summed E-state index contributed by atoms with van der Waals surface area (Å²) < 4.78 is 0. The Labute approximate surface area is 215 Å². The Balaban J connectivity index is -0.000000500. The van der Waals surface area contributed by atoms with Crippen LogP contribution in [-0.2, 0) is 16.0 Å². The van der Waals surface area contributed by atoms with Gasteiger partial charge >= 0.3 is 0 Å². The first-order chi connectivity index (χ1) is 16.6. The molecule has 1 amide bonds. The van der Waals surface area contributed by atoms with Crippen LogP contribution >= 0.6 is 0 Å². The van der Waals surface area contributed by atoms with Crippen LogP contribution in [-0.4, -0.2) is 16.8 Å². The molecule has 2 rings (SSSR count). The number of hydrogen-bond donors (Lipinski definition) is 3. The van der Waals surface area contributed by atoms with Crippen molar-refractivity contribution in [2.45, 2.75) is 94.9 Å². The van der Waals surface area contributed by atoms with Crippen LogP contribution in [0.1, 0.15) is 91.3 Å². The van der Waals surface area contributed by atoms with E-state index in [1.807, 2.05) is 78.8 Å². The number of phenols is 1. The number of carbonyl (C=O) groups excluding carboxylic acids is 2. The number of hydrogen-bond acceptors (Lipinski definition) is 4. The highest BCUT2D eigenvalue weighted by Gasteiger charge is 2.04. The summed E-state index contributed by atoms with van der Waals surface area (Å²) in [5.41, 5.74) is 4.30. The van der Waals surface area contributed by atoms with Gasteiger partial charge in [-0.15, -0.1) is 0 Å². The number of aryl methyl sites for hydroxylation is 3. The first-order valence-corrected chi connectivity index (χ1v) is 12.7. The highest BCUT2D eigenvalue weighted by molar-refractivity contribution is 5.78. The summed E-state index contributed by atoms with van der Waals surface area (Å²) in [4.78, 5) is 21.0. The van der Waals surface area contributed by atoms with E-state index in [-0.39, 0.29) is 11.7 Å². The van der Waals surface area contributed by atoms with E-state index in [1.165, 1.54) is 19.4 Å². The van der Waals surface area contributed by atoms with Gasteiger partial charge in [0.05, 0.1) is 0 Å². The average Bonchev–Trinajstić information content (AvgIpc) is 2.83. The van der Waals surface area contributed by atoms with Gasteiger partial charge in [-0.1, -0.05) is 84.9 Å². The molecule has 0 unspecified atom stereocenters. The number of aromatic hydroxyl groups is 1. The molecule has 0 fully saturated rings. The molecule has 0 aliphatic rings. The van der Waals surface area contributed by atoms with Gasteiger partial charge in [0, 0.05) is 12.1 Å². The van der Waals surface area contributed by atoms with E-state index in [4.69, 9.17) is 5.11 Å². The number of unbranched alkanes of at least 4 members (excludes halogenated alkanes) is 1. The first kappa shape index (κ1) is 36.5. The number of nitrogens with one attached hydrogen (secondary N) is 2. The fourth-order valence-corrected chi connectivity index (χ4v) is 2.44. The molecular weight excluding hydrogens is 436 g/mol. The fraction of sp³-hybridized carbons (Fsp3) is 0.467. The summed E-state index contributed by atoms with van der Waals surface area (Å²) in [6, 6.07) is 13.5. The van der Waals surface area contributed by atoms with Crippen LogP contribution < -0.4 is 10.6 Å². The largest absolute Gasteiger partial charge is 0.508 e. The lowest BCUT2D eigenvalue weighted by Crippen LogP contribution is -2.26. The molecule has 0 saturated carbocycles. The van der Waals surface area contributed by atoms with Crippen LogP contribution in [0, 0.1) is 13.8 Å². The van der Waals surface area contributed by atoms with Crippen molar-refractivity contribution in [3.63, 3.8) is 0 Å². The van der Waals surface area contributed by atoms with Crippen LogP contribution in [0.2, 0.25) is 0 Å². The number of rotatable bonds is 7. The summed E-state index contributed by atoms with van der Waals surface area (Å²) >= 11 is 0. The van der Waals surface area contributed by atoms with E-state index in [1.54, 1.807) is 6.07 Å². The highest BCUT2D eigenvalue weighted by Crippen LogP contribution is 2.17. The molecule has 0 spiro atoms. The Morgan fingerprint density at radius 1 is 0.943 bits per heavy atom. The second-order valence-electron chi connectivity index (χ2n) is 7.46. The van der Waals surface area contributed by atoms with Crippen molar-refractivity contribution in [1.29, 1.82) is 0 Å². The number of Topliss-reactive ketones (excluding diaryl/α,β-unsaturated/α-hetero) is 1. The minimum atomic E-state index is 0.0136. The molecule has 0 saturated heterocycles. The van der Waals surface area contributed by atoms with E-state index in [9.17, 15) is 9.59 Å². The number of benzene rings is 2. The molecule has 198 valence electrons. The standard InChI is InChI=1S/C15H22N2O.C8H10O.C3H6O.2C2H6/c1-5-6-7-15(18)17-13(4)16-14-10-11(2)8-9-12(14)3;1-2-7-5-3-4-6-8(7)9;1-3(2)4;2*1-2/h8-10,16H,4-7H2,1-3H3,(H,17,18);3-6,9H,2H2,1H3;1-2H3;2*1-2H3. The quantitative estimate of drug-likeness (QED) is 0.369. The van der Waals surface area contributed by atoms with E-state index >= 15 is 0 Å². The molecule has 0 aliphatic carbocycles. The van der Waals surface area contributed by atoms with Gasteiger partial charge in [-0.25, -0.2) is 0 Å². The number of anilines is 1. The topological polar surface area (TPSA) is 78.4 Å². The average molecular weight is 487 g/mol. The SMILES string of the molecule is C=C(NC(=O)CCCC)Nc1cc(C)ccc1C.CC.CC.CC(C)=O.CCc1ccccc1O. The molecule has 5 nitrogen and oxygen atoms in total.